The van der Waals surface area contributed by atoms with Crippen molar-refractivity contribution in [2.75, 3.05) is 13.2 Å². The number of unbranched alkanes of at least 4 members (excludes halogenated alkanes) is 26. The summed E-state index contributed by atoms with van der Waals surface area (Å²) in [5.74, 6) is -0.556. The lowest BCUT2D eigenvalue weighted by atomic mass is 10.0. The molecule has 1 atom stereocenters. The minimum atomic E-state index is -0.953. The van der Waals surface area contributed by atoms with Crippen molar-refractivity contribution in [3.8, 4) is 0 Å². The highest BCUT2D eigenvalue weighted by molar-refractivity contribution is 5.69. The van der Waals surface area contributed by atoms with E-state index in [0.29, 0.717) is 12.8 Å². The number of aliphatic hydroxyl groups excluding tert-OH is 1. The molecule has 0 rings (SSSR count). The number of esters is 2. The molecule has 0 aliphatic carbocycles. The summed E-state index contributed by atoms with van der Waals surface area (Å²) in [4.78, 5) is 23.8. The Hall–Kier alpha value is -1.10. The second kappa shape index (κ2) is 34.4. The van der Waals surface area contributed by atoms with Crippen LogP contribution in [0.25, 0.3) is 0 Å². The van der Waals surface area contributed by atoms with Gasteiger partial charge >= 0.3 is 11.9 Å². The van der Waals surface area contributed by atoms with Gasteiger partial charge in [-0.05, 0) is 12.8 Å². The maximum atomic E-state index is 11.9. The monoisotopic (exact) mass is 597 g/mol. The van der Waals surface area contributed by atoms with E-state index in [1.54, 1.807) is 0 Å². The standard InChI is InChI=1S/C37H72O5/c1-3-5-7-9-11-13-14-15-16-17-18-19-20-21-22-24-26-28-30-32-37(40)42-34-35(38)33-41-36(39)31-29-27-25-23-12-10-8-6-4-2/h35,38H,3-34H2,1-2H3. The van der Waals surface area contributed by atoms with Crippen LogP contribution in [0.15, 0.2) is 0 Å². The zero-order valence-electron chi connectivity index (χ0n) is 28.3. The number of hydrogen-bond donors (Lipinski definition) is 1. The molecule has 250 valence electrons. The minimum absolute atomic E-state index is 0.108. The summed E-state index contributed by atoms with van der Waals surface area (Å²) in [6, 6.07) is 0. The van der Waals surface area contributed by atoms with Crippen molar-refractivity contribution in [1.82, 2.24) is 0 Å². The average molecular weight is 597 g/mol. The van der Waals surface area contributed by atoms with E-state index in [1.165, 1.54) is 148 Å². The van der Waals surface area contributed by atoms with Crippen LogP contribution >= 0.6 is 0 Å². The second-order valence-electron chi connectivity index (χ2n) is 12.7. The Balaban J connectivity index is 3.35. The third-order valence-corrected chi connectivity index (χ3v) is 8.34. The zero-order chi connectivity index (χ0) is 30.8. The number of rotatable bonds is 34. The molecule has 0 radical (unpaired) electrons. The Morgan fingerprint density at radius 3 is 0.857 bits per heavy atom. The van der Waals surface area contributed by atoms with Crippen molar-refractivity contribution in [3.63, 3.8) is 0 Å². The third-order valence-electron chi connectivity index (χ3n) is 8.34. The number of carbonyl (C=O) groups is 2. The molecular formula is C37H72O5. The topological polar surface area (TPSA) is 72.8 Å². The van der Waals surface area contributed by atoms with Gasteiger partial charge in [-0.15, -0.1) is 0 Å². The quantitative estimate of drug-likeness (QED) is 0.0591. The molecule has 0 amide bonds. The van der Waals surface area contributed by atoms with Gasteiger partial charge in [0.2, 0.25) is 0 Å². The number of ether oxygens (including phenoxy) is 2. The van der Waals surface area contributed by atoms with Crippen molar-refractivity contribution in [2.24, 2.45) is 0 Å². The van der Waals surface area contributed by atoms with E-state index in [-0.39, 0.29) is 25.2 Å². The van der Waals surface area contributed by atoms with Crippen molar-refractivity contribution < 1.29 is 24.2 Å². The lowest BCUT2D eigenvalue weighted by molar-refractivity contribution is -0.152. The maximum absolute atomic E-state index is 11.9. The van der Waals surface area contributed by atoms with Gasteiger partial charge in [-0.25, -0.2) is 0 Å². The van der Waals surface area contributed by atoms with Gasteiger partial charge in [0.15, 0.2) is 0 Å². The Bertz CT molecular complexity index is 564. The molecule has 5 heteroatoms. The van der Waals surface area contributed by atoms with Crippen LogP contribution in [0.4, 0.5) is 0 Å². The first kappa shape index (κ1) is 40.9. The van der Waals surface area contributed by atoms with Crippen LogP contribution in [0, 0.1) is 0 Å². The number of carbonyl (C=O) groups excluding carboxylic acids is 2. The maximum Gasteiger partial charge on any atom is 0.305 e. The lowest BCUT2D eigenvalue weighted by Gasteiger charge is -2.12. The fourth-order valence-corrected chi connectivity index (χ4v) is 5.50. The molecule has 0 aliphatic rings. The van der Waals surface area contributed by atoms with E-state index in [2.05, 4.69) is 13.8 Å². The molecule has 0 saturated carbocycles. The minimum Gasteiger partial charge on any atom is -0.463 e. The van der Waals surface area contributed by atoms with Gasteiger partial charge in [0.1, 0.15) is 19.3 Å². The van der Waals surface area contributed by atoms with Crippen molar-refractivity contribution >= 4 is 11.9 Å². The van der Waals surface area contributed by atoms with Crippen LogP contribution in [-0.2, 0) is 19.1 Å². The molecule has 0 bridgehead atoms. The fourth-order valence-electron chi connectivity index (χ4n) is 5.50. The molecule has 0 heterocycles. The third kappa shape index (κ3) is 33.4. The lowest BCUT2D eigenvalue weighted by Crippen LogP contribution is -2.25. The Labute approximate surface area is 261 Å². The number of hydrogen-bond acceptors (Lipinski definition) is 5. The average Bonchev–Trinajstić information content (AvgIpc) is 2.99. The van der Waals surface area contributed by atoms with Gasteiger partial charge in [0.05, 0.1) is 0 Å². The van der Waals surface area contributed by atoms with Crippen molar-refractivity contribution in [2.45, 2.75) is 213 Å². The summed E-state index contributed by atoms with van der Waals surface area (Å²) in [5, 5.41) is 9.96. The Morgan fingerprint density at radius 1 is 0.405 bits per heavy atom. The van der Waals surface area contributed by atoms with Crippen LogP contribution in [-0.4, -0.2) is 36.4 Å². The molecule has 0 aromatic rings. The summed E-state index contributed by atoms with van der Waals surface area (Å²) >= 11 is 0. The summed E-state index contributed by atoms with van der Waals surface area (Å²) in [6.45, 7) is 4.30. The molecular weight excluding hydrogens is 524 g/mol. The van der Waals surface area contributed by atoms with E-state index >= 15 is 0 Å². The molecule has 0 aromatic heterocycles. The molecule has 0 spiro atoms. The molecule has 0 saturated heterocycles. The fraction of sp³-hybridized carbons (Fsp3) is 0.946. The van der Waals surface area contributed by atoms with Crippen molar-refractivity contribution in [1.29, 1.82) is 0 Å². The highest BCUT2D eigenvalue weighted by Gasteiger charge is 2.12. The van der Waals surface area contributed by atoms with Gasteiger partial charge in [0.25, 0.3) is 0 Å². The molecule has 1 unspecified atom stereocenters. The molecule has 42 heavy (non-hydrogen) atoms. The van der Waals surface area contributed by atoms with E-state index < -0.39 is 6.10 Å². The van der Waals surface area contributed by atoms with Crippen molar-refractivity contribution in [3.05, 3.63) is 0 Å². The van der Waals surface area contributed by atoms with Gasteiger partial charge < -0.3 is 14.6 Å². The van der Waals surface area contributed by atoms with Crippen LogP contribution < -0.4 is 0 Å². The highest BCUT2D eigenvalue weighted by Crippen LogP contribution is 2.15. The van der Waals surface area contributed by atoms with Crippen LogP contribution in [0.1, 0.15) is 206 Å². The van der Waals surface area contributed by atoms with E-state index in [9.17, 15) is 14.7 Å². The first-order valence-corrected chi connectivity index (χ1v) is 18.6. The summed E-state index contributed by atoms with van der Waals surface area (Å²) in [6.07, 6.45) is 35.9. The number of aliphatic hydroxyl groups is 1. The van der Waals surface area contributed by atoms with Crippen LogP contribution in [0.5, 0.6) is 0 Å². The predicted molar refractivity (Wildman–Crippen MR) is 178 cm³/mol. The predicted octanol–water partition coefficient (Wildman–Crippen LogP) is 11.2. The Kier molecular flexibility index (Phi) is 33.5. The molecule has 0 aliphatic heterocycles. The van der Waals surface area contributed by atoms with Gasteiger partial charge in [0, 0.05) is 12.8 Å². The normalized spacial score (nSPS) is 12.0. The Morgan fingerprint density at radius 2 is 0.619 bits per heavy atom. The van der Waals surface area contributed by atoms with E-state index in [0.717, 1.165) is 32.1 Å². The van der Waals surface area contributed by atoms with Crippen LogP contribution in [0.2, 0.25) is 0 Å². The largest absolute Gasteiger partial charge is 0.463 e. The zero-order valence-corrected chi connectivity index (χ0v) is 28.3. The van der Waals surface area contributed by atoms with E-state index in [4.69, 9.17) is 9.47 Å². The van der Waals surface area contributed by atoms with Crippen LogP contribution in [0.3, 0.4) is 0 Å². The molecule has 1 N–H and O–H groups in total. The van der Waals surface area contributed by atoms with Gasteiger partial charge in [-0.1, -0.05) is 181 Å². The van der Waals surface area contributed by atoms with Gasteiger partial charge in [-0.3, -0.25) is 9.59 Å². The molecule has 0 aromatic carbocycles. The van der Waals surface area contributed by atoms with Gasteiger partial charge in [-0.2, -0.15) is 0 Å². The first-order valence-electron chi connectivity index (χ1n) is 18.6. The highest BCUT2D eigenvalue weighted by atomic mass is 16.6. The summed E-state index contributed by atoms with van der Waals surface area (Å²) in [7, 11) is 0. The molecule has 0 fully saturated rings. The summed E-state index contributed by atoms with van der Waals surface area (Å²) < 4.78 is 10.3. The molecule has 5 nitrogen and oxygen atoms in total. The second-order valence-corrected chi connectivity index (χ2v) is 12.7. The SMILES string of the molecule is CCCCCCCCCCCCCCCCCCCCCC(=O)OCC(O)COC(=O)CCCCCCCCCCC. The smallest absolute Gasteiger partial charge is 0.305 e. The van der Waals surface area contributed by atoms with E-state index in [1.807, 2.05) is 0 Å². The first-order chi connectivity index (χ1) is 20.6. The summed E-state index contributed by atoms with van der Waals surface area (Å²) in [5.41, 5.74) is 0.